The molecule has 0 bridgehead atoms. The maximum Gasteiger partial charge on any atom is 0.163 e. The lowest BCUT2D eigenvalue weighted by molar-refractivity contribution is 0.475. The molecule has 1 aromatic carbocycles. The molecule has 6 nitrogen and oxygen atoms in total. The van der Waals surface area contributed by atoms with Gasteiger partial charge in [0.25, 0.3) is 0 Å². The summed E-state index contributed by atoms with van der Waals surface area (Å²) in [7, 11) is 0. The molecule has 4 aromatic rings. The van der Waals surface area contributed by atoms with Crippen molar-refractivity contribution in [3.8, 4) is 17.1 Å². The largest absolute Gasteiger partial charge is 0.508 e. The van der Waals surface area contributed by atoms with Gasteiger partial charge in [0.1, 0.15) is 16.4 Å². The van der Waals surface area contributed by atoms with E-state index in [1.165, 1.54) is 23.3 Å². The van der Waals surface area contributed by atoms with Crippen LogP contribution >= 0.6 is 11.3 Å². The Morgan fingerprint density at radius 3 is 2.61 bits per heavy atom. The predicted molar refractivity (Wildman–Crippen MR) is 126 cm³/mol. The van der Waals surface area contributed by atoms with Crippen LogP contribution in [-0.2, 0) is 19.3 Å². The van der Waals surface area contributed by atoms with Crippen LogP contribution in [0.1, 0.15) is 28.8 Å². The zero-order valence-electron chi connectivity index (χ0n) is 17.2. The van der Waals surface area contributed by atoms with E-state index in [9.17, 15) is 5.11 Å². The predicted octanol–water partition coefficient (Wildman–Crippen LogP) is 4.32. The molecule has 31 heavy (non-hydrogen) atoms. The number of aromatic hydroxyl groups is 1. The van der Waals surface area contributed by atoms with Crippen molar-refractivity contribution in [1.29, 1.82) is 0 Å². The monoisotopic (exact) mass is 431 g/mol. The van der Waals surface area contributed by atoms with E-state index in [-0.39, 0.29) is 11.8 Å². The lowest BCUT2D eigenvalue weighted by Crippen LogP contribution is -2.31. The number of hydrogen-bond acceptors (Lipinski definition) is 7. The van der Waals surface area contributed by atoms with Crippen molar-refractivity contribution in [2.24, 2.45) is 5.73 Å². The van der Waals surface area contributed by atoms with Gasteiger partial charge in [0.2, 0.25) is 0 Å². The number of aryl methyl sites for hydroxylation is 2. The van der Waals surface area contributed by atoms with Crippen LogP contribution in [0.15, 0.2) is 48.8 Å². The van der Waals surface area contributed by atoms with Crippen LogP contribution in [0, 0.1) is 0 Å². The number of aromatic nitrogens is 3. The summed E-state index contributed by atoms with van der Waals surface area (Å²) in [6.07, 6.45) is 8.92. The van der Waals surface area contributed by atoms with Crippen LogP contribution in [0.3, 0.4) is 0 Å². The number of hydrogen-bond donors (Lipinski definition) is 3. The smallest absolute Gasteiger partial charge is 0.163 e. The summed E-state index contributed by atoms with van der Waals surface area (Å²) in [4.78, 5) is 16.4. The minimum absolute atomic E-state index is 0.0756. The summed E-state index contributed by atoms with van der Waals surface area (Å²) in [6.45, 7) is 0.605. The van der Waals surface area contributed by atoms with Crippen molar-refractivity contribution >= 4 is 27.4 Å². The van der Waals surface area contributed by atoms with Crippen LogP contribution in [0.2, 0.25) is 0 Å². The van der Waals surface area contributed by atoms with Crippen LogP contribution < -0.4 is 11.1 Å². The van der Waals surface area contributed by atoms with E-state index in [0.717, 1.165) is 46.4 Å². The number of thiophene rings is 1. The van der Waals surface area contributed by atoms with Crippen molar-refractivity contribution in [2.45, 2.75) is 38.1 Å². The first-order valence-electron chi connectivity index (χ1n) is 10.7. The summed E-state index contributed by atoms with van der Waals surface area (Å²) in [6, 6.07) is 11.0. The molecule has 7 heteroatoms. The second-order valence-corrected chi connectivity index (χ2v) is 9.12. The molecule has 5 rings (SSSR count). The highest BCUT2D eigenvalue weighted by molar-refractivity contribution is 7.19. The fourth-order valence-electron chi connectivity index (χ4n) is 4.15. The number of rotatable bonds is 6. The SMILES string of the molecule is NC(CNc1nc(-c2ccncc2)nc2sc3c(c12)CCCC3)Cc1ccc(O)cc1. The lowest BCUT2D eigenvalue weighted by Gasteiger charge is -2.16. The third-order valence-electron chi connectivity index (χ3n) is 5.72. The molecule has 0 saturated carbocycles. The van der Waals surface area contributed by atoms with E-state index in [2.05, 4.69) is 10.3 Å². The molecule has 1 atom stereocenters. The summed E-state index contributed by atoms with van der Waals surface area (Å²) in [5.41, 5.74) is 9.89. The first kappa shape index (κ1) is 19.9. The van der Waals surface area contributed by atoms with E-state index in [1.807, 2.05) is 24.3 Å². The Balaban J connectivity index is 1.45. The van der Waals surface area contributed by atoms with Gasteiger partial charge in [0.15, 0.2) is 5.82 Å². The van der Waals surface area contributed by atoms with Crippen molar-refractivity contribution in [2.75, 3.05) is 11.9 Å². The molecule has 1 aliphatic carbocycles. The zero-order valence-corrected chi connectivity index (χ0v) is 18.0. The van der Waals surface area contributed by atoms with E-state index in [1.54, 1.807) is 35.9 Å². The molecule has 0 spiro atoms. The number of benzene rings is 1. The molecule has 4 N–H and O–H groups in total. The van der Waals surface area contributed by atoms with Crippen molar-refractivity contribution in [3.63, 3.8) is 0 Å². The van der Waals surface area contributed by atoms with Gasteiger partial charge in [-0.2, -0.15) is 0 Å². The maximum absolute atomic E-state index is 9.48. The number of phenolic OH excluding ortho intramolecular Hbond substituents is 1. The van der Waals surface area contributed by atoms with Crippen LogP contribution in [0.25, 0.3) is 21.6 Å². The van der Waals surface area contributed by atoms with Crippen LogP contribution in [-0.4, -0.2) is 32.6 Å². The highest BCUT2D eigenvalue weighted by atomic mass is 32.1. The molecule has 0 saturated heterocycles. The third-order valence-corrected chi connectivity index (χ3v) is 6.90. The van der Waals surface area contributed by atoms with Gasteiger partial charge in [-0.05, 0) is 67.5 Å². The number of nitrogens with two attached hydrogens (primary N) is 1. The fourth-order valence-corrected chi connectivity index (χ4v) is 5.41. The second-order valence-electron chi connectivity index (χ2n) is 8.03. The Hall–Kier alpha value is -3.03. The van der Waals surface area contributed by atoms with Gasteiger partial charge in [0, 0.05) is 35.4 Å². The Morgan fingerprint density at radius 1 is 1.03 bits per heavy atom. The fraction of sp³-hybridized carbons (Fsp3) is 0.292. The molecule has 3 aromatic heterocycles. The summed E-state index contributed by atoms with van der Waals surface area (Å²) >= 11 is 1.80. The number of anilines is 1. The van der Waals surface area contributed by atoms with E-state index in [0.29, 0.717) is 12.4 Å². The number of nitrogens with one attached hydrogen (secondary N) is 1. The van der Waals surface area contributed by atoms with E-state index >= 15 is 0 Å². The number of pyridine rings is 1. The van der Waals surface area contributed by atoms with Gasteiger partial charge in [0.05, 0.1) is 5.39 Å². The number of nitrogens with zero attached hydrogens (tertiary/aromatic N) is 3. The first-order chi connectivity index (χ1) is 15.2. The van der Waals surface area contributed by atoms with Crippen LogP contribution in [0.4, 0.5) is 5.82 Å². The maximum atomic E-state index is 9.48. The topological polar surface area (TPSA) is 97.0 Å². The minimum Gasteiger partial charge on any atom is -0.508 e. The van der Waals surface area contributed by atoms with Gasteiger partial charge in [-0.25, -0.2) is 9.97 Å². The number of phenols is 1. The zero-order chi connectivity index (χ0) is 21.2. The molecular formula is C24H25N5OS. The van der Waals surface area contributed by atoms with Gasteiger partial charge >= 0.3 is 0 Å². The third kappa shape index (κ3) is 4.24. The molecule has 3 heterocycles. The Labute approximate surface area is 185 Å². The molecule has 1 aliphatic rings. The average molecular weight is 432 g/mol. The molecule has 0 fully saturated rings. The standard InChI is InChI=1S/C24H25N5OS/c25-17(13-15-5-7-18(30)8-6-15)14-27-23-21-19-3-1-2-4-20(19)31-24(21)29-22(28-23)16-9-11-26-12-10-16/h5-12,17,30H,1-4,13-14,25H2,(H,27,28,29). The molecule has 158 valence electrons. The summed E-state index contributed by atoms with van der Waals surface area (Å²) in [5, 5.41) is 14.2. The van der Waals surface area contributed by atoms with Gasteiger partial charge < -0.3 is 16.2 Å². The molecular weight excluding hydrogens is 406 g/mol. The average Bonchev–Trinajstić information content (AvgIpc) is 3.18. The summed E-state index contributed by atoms with van der Waals surface area (Å²) in [5.74, 6) is 1.85. The molecule has 0 amide bonds. The lowest BCUT2D eigenvalue weighted by atomic mass is 9.97. The Kier molecular flexibility index (Phi) is 5.53. The quantitative estimate of drug-likeness (QED) is 0.421. The van der Waals surface area contributed by atoms with Gasteiger partial charge in [-0.1, -0.05) is 12.1 Å². The minimum atomic E-state index is -0.0756. The summed E-state index contributed by atoms with van der Waals surface area (Å²) < 4.78 is 0. The van der Waals surface area contributed by atoms with E-state index < -0.39 is 0 Å². The molecule has 1 unspecified atom stereocenters. The highest BCUT2D eigenvalue weighted by Gasteiger charge is 2.22. The highest BCUT2D eigenvalue weighted by Crippen LogP contribution is 2.39. The van der Waals surface area contributed by atoms with Crippen molar-refractivity contribution in [1.82, 2.24) is 15.0 Å². The van der Waals surface area contributed by atoms with E-state index in [4.69, 9.17) is 15.7 Å². The van der Waals surface area contributed by atoms with Gasteiger partial charge in [-0.15, -0.1) is 11.3 Å². The number of fused-ring (bicyclic) bond motifs is 3. The molecule has 0 aliphatic heterocycles. The Morgan fingerprint density at radius 2 is 1.81 bits per heavy atom. The second kappa shape index (κ2) is 8.61. The Bertz CT molecular complexity index is 1190. The van der Waals surface area contributed by atoms with Gasteiger partial charge in [-0.3, -0.25) is 4.98 Å². The first-order valence-corrected chi connectivity index (χ1v) is 11.5. The van der Waals surface area contributed by atoms with Crippen molar-refractivity contribution < 1.29 is 5.11 Å². The van der Waals surface area contributed by atoms with Crippen LogP contribution in [0.5, 0.6) is 5.75 Å². The molecule has 0 radical (unpaired) electrons. The normalized spacial score (nSPS) is 14.4. The van der Waals surface area contributed by atoms with Crippen molar-refractivity contribution in [3.05, 3.63) is 64.8 Å².